The normalized spacial score (nSPS) is 31.6. The molecule has 1 aliphatic heterocycles. The Morgan fingerprint density at radius 1 is 1.35 bits per heavy atom. The van der Waals surface area contributed by atoms with Crippen molar-refractivity contribution in [3.8, 4) is 0 Å². The number of nitrogens with one attached hydrogen (secondary N) is 1. The Morgan fingerprint density at radius 3 is 2.71 bits per heavy atom. The van der Waals surface area contributed by atoms with E-state index < -0.39 is 0 Å². The lowest BCUT2D eigenvalue weighted by Gasteiger charge is -2.43. The molecule has 0 bridgehead atoms. The van der Waals surface area contributed by atoms with Gasteiger partial charge in [-0.25, -0.2) is 0 Å². The Balaban J connectivity index is 1.87. The van der Waals surface area contributed by atoms with Gasteiger partial charge in [-0.3, -0.25) is 0 Å². The summed E-state index contributed by atoms with van der Waals surface area (Å²) >= 11 is 0. The van der Waals surface area contributed by atoms with E-state index in [2.05, 4.69) is 31.0 Å². The summed E-state index contributed by atoms with van der Waals surface area (Å²) in [5.74, 6) is 0.810. The number of hydrogen-bond acceptors (Lipinski definition) is 2. The molecule has 0 aromatic heterocycles. The van der Waals surface area contributed by atoms with Gasteiger partial charge in [0.2, 0.25) is 0 Å². The van der Waals surface area contributed by atoms with Crippen molar-refractivity contribution in [1.82, 2.24) is 10.2 Å². The van der Waals surface area contributed by atoms with Gasteiger partial charge in [-0.1, -0.05) is 33.6 Å². The van der Waals surface area contributed by atoms with E-state index in [1.54, 1.807) is 0 Å². The summed E-state index contributed by atoms with van der Waals surface area (Å²) in [6, 6.07) is 0.714. The van der Waals surface area contributed by atoms with Gasteiger partial charge in [-0.15, -0.1) is 0 Å². The zero-order valence-electron chi connectivity index (χ0n) is 12.0. The highest BCUT2D eigenvalue weighted by Gasteiger charge is 2.34. The fourth-order valence-corrected chi connectivity index (χ4v) is 3.31. The molecule has 1 heterocycles. The monoisotopic (exact) mass is 238 g/mol. The molecule has 100 valence electrons. The fraction of sp³-hybridized carbons (Fsp3) is 1.00. The van der Waals surface area contributed by atoms with Crippen molar-refractivity contribution in [3.63, 3.8) is 0 Å². The van der Waals surface area contributed by atoms with Crippen molar-refractivity contribution in [3.05, 3.63) is 0 Å². The smallest absolute Gasteiger partial charge is 0.0220 e. The van der Waals surface area contributed by atoms with Crippen LogP contribution in [-0.4, -0.2) is 37.1 Å². The second-order valence-corrected chi connectivity index (χ2v) is 6.70. The summed E-state index contributed by atoms with van der Waals surface area (Å²) in [6.07, 6.45) is 6.97. The van der Waals surface area contributed by atoms with Gasteiger partial charge in [-0.05, 0) is 43.7 Å². The molecule has 0 radical (unpaired) electrons. The predicted molar refractivity (Wildman–Crippen MR) is 74.3 cm³/mol. The maximum absolute atomic E-state index is 3.74. The molecule has 1 saturated carbocycles. The third kappa shape index (κ3) is 3.45. The maximum Gasteiger partial charge on any atom is 0.0220 e. The molecular formula is C15H30N2. The van der Waals surface area contributed by atoms with Gasteiger partial charge in [0, 0.05) is 19.1 Å². The first-order chi connectivity index (χ1) is 8.13. The van der Waals surface area contributed by atoms with Crippen molar-refractivity contribution in [2.24, 2.45) is 11.3 Å². The summed E-state index contributed by atoms with van der Waals surface area (Å²) in [4.78, 5) is 2.73. The van der Waals surface area contributed by atoms with Gasteiger partial charge >= 0.3 is 0 Å². The average molecular weight is 238 g/mol. The van der Waals surface area contributed by atoms with Gasteiger partial charge in [-0.2, -0.15) is 0 Å². The molecule has 2 fully saturated rings. The van der Waals surface area contributed by atoms with Gasteiger partial charge in [0.25, 0.3) is 0 Å². The van der Waals surface area contributed by atoms with Gasteiger partial charge in [0.05, 0.1) is 0 Å². The first-order valence-electron chi connectivity index (χ1n) is 7.59. The van der Waals surface area contributed by atoms with Crippen LogP contribution in [0.4, 0.5) is 0 Å². The lowest BCUT2D eigenvalue weighted by molar-refractivity contribution is 0.0807. The van der Waals surface area contributed by atoms with Crippen molar-refractivity contribution < 1.29 is 0 Å². The third-order valence-corrected chi connectivity index (χ3v) is 5.01. The zero-order valence-corrected chi connectivity index (χ0v) is 12.0. The van der Waals surface area contributed by atoms with Crippen LogP contribution < -0.4 is 5.32 Å². The number of nitrogens with zero attached hydrogens (tertiary/aromatic N) is 1. The van der Waals surface area contributed by atoms with E-state index in [9.17, 15) is 0 Å². The van der Waals surface area contributed by atoms with Crippen LogP contribution in [0.1, 0.15) is 52.9 Å². The molecular weight excluding hydrogens is 208 g/mol. The van der Waals surface area contributed by atoms with E-state index in [1.807, 2.05) is 0 Å². The minimum absolute atomic E-state index is 0.643. The lowest BCUT2D eigenvalue weighted by Crippen LogP contribution is -2.46. The Kier molecular flexibility index (Phi) is 4.48. The second kappa shape index (κ2) is 5.71. The molecule has 1 saturated heterocycles. The molecule has 0 spiro atoms. The summed E-state index contributed by atoms with van der Waals surface area (Å²) in [5.41, 5.74) is 0.643. The van der Waals surface area contributed by atoms with Crippen LogP contribution in [0.3, 0.4) is 0 Å². The largest absolute Gasteiger partial charge is 0.312 e. The second-order valence-electron chi connectivity index (χ2n) is 6.70. The standard InChI is InChI=1S/C15H30N2/c1-4-13(2)14-11-17(10-6-9-16-14)12-15(3)7-5-8-15/h13-14,16H,4-12H2,1-3H3. The Labute approximate surface area is 107 Å². The summed E-state index contributed by atoms with van der Waals surface area (Å²) in [6.45, 7) is 12.3. The molecule has 2 heteroatoms. The Hall–Kier alpha value is -0.0800. The first-order valence-corrected chi connectivity index (χ1v) is 7.59. The first kappa shape index (κ1) is 13.4. The Bertz CT molecular complexity index is 235. The van der Waals surface area contributed by atoms with Crippen LogP contribution in [0, 0.1) is 11.3 Å². The van der Waals surface area contributed by atoms with Crippen molar-refractivity contribution >= 4 is 0 Å². The van der Waals surface area contributed by atoms with E-state index in [0.29, 0.717) is 11.5 Å². The molecule has 0 aromatic carbocycles. The summed E-state index contributed by atoms with van der Waals surface area (Å²) < 4.78 is 0. The van der Waals surface area contributed by atoms with E-state index >= 15 is 0 Å². The van der Waals surface area contributed by atoms with Crippen molar-refractivity contribution in [1.29, 1.82) is 0 Å². The quantitative estimate of drug-likeness (QED) is 0.810. The van der Waals surface area contributed by atoms with E-state index in [1.165, 1.54) is 58.3 Å². The zero-order chi connectivity index (χ0) is 12.3. The molecule has 0 aromatic rings. The maximum atomic E-state index is 3.74. The molecule has 1 N–H and O–H groups in total. The molecule has 2 atom stereocenters. The summed E-state index contributed by atoms with van der Waals surface area (Å²) in [5, 5.41) is 3.74. The number of hydrogen-bond donors (Lipinski definition) is 1. The van der Waals surface area contributed by atoms with E-state index in [-0.39, 0.29) is 0 Å². The summed E-state index contributed by atoms with van der Waals surface area (Å²) in [7, 11) is 0. The van der Waals surface area contributed by atoms with Gasteiger partial charge in [0.1, 0.15) is 0 Å². The van der Waals surface area contributed by atoms with Crippen LogP contribution in [0.2, 0.25) is 0 Å². The van der Waals surface area contributed by atoms with Crippen LogP contribution in [0.25, 0.3) is 0 Å². The molecule has 17 heavy (non-hydrogen) atoms. The molecule has 2 unspecified atom stereocenters. The van der Waals surface area contributed by atoms with E-state index in [4.69, 9.17) is 0 Å². The molecule has 1 aliphatic carbocycles. The SMILES string of the molecule is CCC(C)C1CN(CC2(C)CCC2)CCCN1. The minimum atomic E-state index is 0.643. The van der Waals surface area contributed by atoms with Crippen molar-refractivity contribution in [2.75, 3.05) is 26.2 Å². The van der Waals surface area contributed by atoms with Crippen LogP contribution in [-0.2, 0) is 0 Å². The lowest BCUT2D eigenvalue weighted by atomic mass is 9.70. The van der Waals surface area contributed by atoms with Crippen LogP contribution in [0.15, 0.2) is 0 Å². The predicted octanol–water partition coefficient (Wildman–Crippen LogP) is 2.89. The third-order valence-electron chi connectivity index (χ3n) is 5.01. The molecule has 2 rings (SSSR count). The average Bonchev–Trinajstić information content (AvgIpc) is 2.51. The highest BCUT2D eigenvalue weighted by molar-refractivity contribution is 4.89. The molecule has 0 amide bonds. The van der Waals surface area contributed by atoms with Gasteiger partial charge in [0.15, 0.2) is 0 Å². The highest BCUT2D eigenvalue weighted by Crippen LogP contribution is 2.41. The Morgan fingerprint density at radius 2 is 2.12 bits per heavy atom. The van der Waals surface area contributed by atoms with Crippen LogP contribution in [0.5, 0.6) is 0 Å². The van der Waals surface area contributed by atoms with Crippen molar-refractivity contribution in [2.45, 2.75) is 58.9 Å². The minimum Gasteiger partial charge on any atom is -0.312 e. The topological polar surface area (TPSA) is 15.3 Å². The van der Waals surface area contributed by atoms with E-state index in [0.717, 1.165) is 5.92 Å². The fourth-order valence-electron chi connectivity index (χ4n) is 3.31. The molecule has 2 aliphatic rings. The van der Waals surface area contributed by atoms with Gasteiger partial charge < -0.3 is 10.2 Å². The van der Waals surface area contributed by atoms with Crippen LogP contribution >= 0.6 is 0 Å². The molecule has 2 nitrogen and oxygen atoms in total. The number of rotatable bonds is 4. The highest BCUT2D eigenvalue weighted by atomic mass is 15.2.